The van der Waals surface area contributed by atoms with E-state index in [1.54, 1.807) is 0 Å². The third kappa shape index (κ3) is 3.20. The topological polar surface area (TPSA) is 54.2 Å². The predicted octanol–water partition coefficient (Wildman–Crippen LogP) is 2.47. The van der Waals surface area contributed by atoms with Crippen LogP contribution in [0.4, 0.5) is 0 Å². The Balaban J connectivity index is 1.55. The van der Waals surface area contributed by atoms with E-state index in [1.165, 1.54) is 51.6 Å². The molecule has 2 aliphatic rings. The van der Waals surface area contributed by atoms with E-state index < -0.39 is 0 Å². The highest BCUT2D eigenvalue weighted by molar-refractivity contribution is 5.00. The quantitative estimate of drug-likeness (QED) is 0.917. The van der Waals surface area contributed by atoms with Crippen molar-refractivity contribution in [2.45, 2.75) is 63.5 Å². The Morgan fingerprint density at radius 2 is 1.90 bits per heavy atom. The number of rotatable bonds is 4. The molecule has 5 nitrogen and oxygen atoms in total. The number of hydrogen-bond donors (Lipinski definition) is 1. The molecule has 112 valence electrons. The van der Waals surface area contributed by atoms with Crippen molar-refractivity contribution in [2.75, 3.05) is 20.1 Å². The number of piperidine rings is 1. The van der Waals surface area contributed by atoms with Crippen molar-refractivity contribution in [2.24, 2.45) is 0 Å². The van der Waals surface area contributed by atoms with Crippen molar-refractivity contribution in [3.8, 4) is 0 Å². The number of likely N-dealkylation sites (tertiary alicyclic amines) is 1. The van der Waals surface area contributed by atoms with Crippen molar-refractivity contribution in [1.29, 1.82) is 0 Å². The number of nitrogens with one attached hydrogen (secondary N) is 1. The molecular weight excluding hydrogens is 252 g/mol. The second-order valence-corrected chi connectivity index (χ2v) is 6.44. The summed E-state index contributed by atoms with van der Waals surface area (Å²) in [6.45, 7) is 4.47. The zero-order valence-corrected chi connectivity index (χ0v) is 12.6. The first-order chi connectivity index (χ1) is 9.72. The minimum atomic E-state index is 0.158. The highest BCUT2D eigenvalue weighted by atomic mass is 16.5. The largest absolute Gasteiger partial charge is 0.338 e. The van der Waals surface area contributed by atoms with E-state index in [0.29, 0.717) is 12.0 Å². The number of hydrogen-bond acceptors (Lipinski definition) is 5. The molecule has 2 fully saturated rings. The minimum Gasteiger partial charge on any atom is -0.338 e. The van der Waals surface area contributed by atoms with E-state index in [1.807, 2.05) is 0 Å². The van der Waals surface area contributed by atoms with Crippen LogP contribution in [0.25, 0.3) is 0 Å². The highest BCUT2D eigenvalue weighted by Gasteiger charge is 2.25. The van der Waals surface area contributed by atoms with Gasteiger partial charge in [0.1, 0.15) is 0 Å². The van der Waals surface area contributed by atoms with E-state index in [2.05, 4.69) is 34.3 Å². The molecule has 0 spiro atoms. The first kappa shape index (κ1) is 14.0. The van der Waals surface area contributed by atoms with Crippen molar-refractivity contribution in [1.82, 2.24) is 20.4 Å². The van der Waals surface area contributed by atoms with Gasteiger partial charge in [-0.2, -0.15) is 4.98 Å². The maximum atomic E-state index is 5.47. The molecule has 0 unspecified atom stereocenters. The van der Waals surface area contributed by atoms with Gasteiger partial charge in [0.05, 0.1) is 6.04 Å². The molecule has 1 aromatic heterocycles. The van der Waals surface area contributed by atoms with Gasteiger partial charge in [-0.3, -0.25) is 0 Å². The minimum absolute atomic E-state index is 0.158. The van der Waals surface area contributed by atoms with Crippen LogP contribution in [0.5, 0.6) is 0 Å². The van der Waals surface area contributed by atoms with Crippen LogP contribution in [0.1, 0.15) is 69.1 Å². The van der Waals surface area contributed by atoms with Crippen LogP contribution in [0.15, 0.2) is 4.52 Å². The average Bonchev–Trinajstić information content (AvgIpc) is 3.11. The second-order valence-electron chi connectivity index (χ2n) is 6.44. The normalized spacial score (nSPS) is 24.3. The molecule has 5 heteroatoms. The standard InChI is InChI=1S/C15H26N4O/c1-11(16-13-7-9-19(2)10-8-13)15-17-14(18-20-15)12-5-3-4-6-12/h11-13,16H,3-10H2,1-2H3/t11-/m1/s1. The number of aromatic nitrogens is 2. The first-order valence-electron chi connectivity index (χ1n) is 8.00. The van der Waals surface area contributed by atoms with E-state index >= 15 is 0 Å². The summed E-state index contributed by atoms with van der Waals surface area (Å²) in [5, 5.41) is 7.83. The Morgan fingerprint density at radius 3 is 2.60 bits per heavy atom. The molecule has 0 aromatic carbocycles. The zero-order chi connectivity index (χ0) is 13.9. The smallest absolute Gasteiger partial charge is 0.243 e. The van der Waals surface area contributed by atoms with Gasteiger partial charge in [-0.1, -0.05) is 18.0 Å². The molecule has 1 aliphatic carbocycles. The Kier molecular flexibility index (Phi) is 4.36. The van der Waals surface area contributed by atoms with E-state index in [9.17, 15) is 0 Å². The average molecular weight is 278 g/mol. The van der Waals surface area contributed by atoms with Crippen LogP contribution >= 0.6 is 0 Å². The molecule has 1 aliphatic heterocycles. The fourth-order valence-electron chi connectivity index (χ4n) is 3.37. The summed E-state index contributed by atoms with van der Waals surface area (Å²) < 4.78 is 5.47. The molecule has 0 bridgehead atoms. The molecule has 20 heavy (non-hydrogen) atoms. The molecule has 1 saturated heterocycles. The van der Waals surface area contributed by atoms with E-state index in [-0.39, 0.29) is 6.04 Å². The lowest BCUT2D eigenvalue weighted by Crippen LogP contribution is -2.41. The molecule has 0 amide bonds. The molecule has 1 atom stereocenters. The molecule has 1 aromatic rings. The summed E-state index contributed by atoms with van der Waals surface area (Å²) in [5.41, 5.74) is 0. The van der Waals surface area contributed by atoms with Crippen molar-refractivity contribution in [3.63, 3.8) is 0 Å². The van der Waals surface area contributed by atoms with Crippen LogP contribution in [-0.2, 0) is 0 Å². The number of nitrogens with zero attached hydrogens (tertiary/aromatic N) is 3. The molecule has 1 saturated carbocycles. The van der Waals surface area contributed by atoms with Gasteiger partial charge in [0, 0.05) is 12.0 Å². The fourth-order valence-corrected chi connectivity index (χ4v) is 3.37. The molecular formula is C15H26N4O. The van der Waals surface area contributed by atoms with Crippen LogP contribution < -0.4 is 5.32 Å². The van der Waals surface area contributed by atoms with Gasteiger partial charge in [-0.15, -0.1) is 0 Å². The lowest BCUT2D eigenvalue weighted by Gasteiger charge is -2.30. The van der Waals surface area contributed by atoms with Crippen LogP contribution in [0.3, 0.4) is 0 Å². The molecule has 2 heterocycles. The Labute approximate surface area is 121 Å². The maximum Gasteiger partial charge on any atom is 0.243 e. The Hall–Kier alpha value is -0.940. The summed E-state index contributed by atoms with van der Waals surface area (Å²) in [6, 6.07) is 0.731. The second kappa shape index (κ2) is 6.22. The monoisotopic (exact) mass is 278 g/mol. The van der Waals surface area contributed by atoms with Crippen LogP contribution in [0, 0.1) is 0 Å². The molecule has 0 radical (unpaired) electrons. The Morgan fingerprint density at radius 1 is 1.20 bits per heavy atom. The van der Waals surface area contributed by atoms with Gasteiger partial charge in [0.25, 0.3) is 0 Å². The first-order valence-corrected chi connectivity index (χ1v) is 8.00. The van der Waals surface area contributed by atoms with Gasteiger partial charge in [0.15, 0.2) is 5.82 Å². The SMILES string of the molecule is C[C@@H](NC1CCN(C)CC1)c1nc(C2CCCC2)no1. The lowest BCUT2D eigenvalue weighted by atomic mass is 10.0. The van der Waals surface area contributed by atoms with E-state index in [0.717, 1.165) is 11.7 Å². The third-order valence-electron chi connectivity index (χ3n) is 4.75. The highest BCUT2D eigenvalue weighted by Crippen LogP contribution is 2.32. The summed E-state index contributed by atoms with van der Waals surface area (Å²) in [6.07, 6.45) is 7.44. The van der Waals surface area contributed by atoms with Gasteiger partial charge < -0.3 is 14.7 Å². The Bertz CT molecular complexity index is 419. The third-order valence-corrected chi connectivity index (χ3v) is 4.75. The molecule has 1 N–H and O–H groups in total. The summed E-state index contributed by atoms with van der Waals surface area (Å²) in [7, 11) is 2.19. The van der Waals surface area contributed by atoms with Gasteiger partial charge in [-0.05, 0) is 52.7 Å². The predicted molar refractivity (Wildman–Crippen MR) is 77.6 cm³/mol. The summed E-state index contributed by atoms with van der Waals surface area (Å²) in [4.78, 5) is 7.00. The van der Waals surface area contributed by atoms with Gasteiger partial charge >= 0.3 is 0 Å². The van der Waals surface area contributed by atoms with Gasteiger partial charge in [-0.25, -0.2) is 0 Å². The molecule has 3 rings (SSSR count). The van der Waals surface area contributed by atoms with Crippen LogP contribution in [0.2, 0.25) is 0 Å². The van der Waals surface area contributed by atoms with Crippen molar-refractivity contribution in [3.05, 3.63) is 11.7 Å². The van der Waals surface area contributed by atoms with E-state index in [4.69, 9.17) is 4.52 Å². The van der Waals surface area contributed by atoms with Crippen molar-refractivity contribution < 1.29 is 4.52 Å². The maximum absolute atomic E-state index is 5.47. The van der Waals surface area contributed by atoms with Crippen LogP contribution in [-0.4, -0.2) is 41.2 Å². The van der Waals surface area contributed by atoms with Crippen molar-refractivity contribution >= 4 is 0 Å². The summed E-state index contributed by atoms with van der Waals surface area (Å²) in [5.74, 6) is 2.21. The zero-order valence-electron chi connectivity index (χ0n) is 12.6. The summed E-state index contributed by atoms with van der Waals surface area (Å²) >= 11 is 0. The lowest BCUT2D eigenvalue weighted by molar-refractivity contribution is 0.217. The van der Waals surface area contributed by atoms with Gasteiger partial charge in [0.2, 0.25) is 5.89 Å². The fraction of sp³-hybridized carbons (Fsp3) is 0.867.